The predicted octanol–water partition coefficient (Wildman–Crippen LogP) is 1.13. The number of nitrogen functional groups attached to an aromatic ring is 1. The van der Waals surface area contributed by atoms with E-state index in [2.05, 4.69) is 4.98 Å². The zero-order valence-electron chi connectivity index (χ0n) is 9.67. The quantitative estimate of drug-likeness (QED) is 0.805. The van der Waals surface area contributed by atoms with E-state index in [-0.39, 0.29) is 16.9 Å². The van der Waals surface area contributed by atoms with Crippen LogP contribution in [0.2, 0.25) is 0 Å². The number of amides is 2. The Hall–Kier alpha value is -1.76. The Morgan fingerprint density at radius 2 is 2.33 bits per heavy atom. The lowest BCUT2D eigenvalue weighted by molar-refractivity contribution is -0.124. The first kappa shape index (κ1) is 12.7. The SMILES string of the molecule is Nc1ncccc1OCCCN1C(=O)CSC1=O. The molecule has 2 heterocycles. The van der Waals surface area contributed by atoms with Gasteiger partial charge in [-0.2, -0.15) is 0 Å². The second-order valence-corrected chi connectivity index (χ2v) is 4.62. The average Bonchev–Trinajstić information content (AvgIpc) is 2.67. The van der Waals surface area contributed by atoms with E-state index in [1.807, 2.05) is 0 Å². The van der Waals surface area contributed by atoms with Gasteiger partial charge >= 0.3 is 0 Å². The zero-order chi connectivity index (χ0) is 13.0. The minimum absolute atomic E-state index is 0.133. The lowest BCUT2D eigenvalue weighted by Gasteiger charge is -2.13. The van der Waals surface area contributed by atoms with Crippen molar-refractivity contribution >= 4 is 28.7 Å². The van der Waals surface area contributed by atoms with Crippen molar-refractivity contribution in [2.24, 2.45) is 0 Å². The summed E-state index contributed by atoms with van der Waals surface area (Å²) in [5, 5.41) is -0.180. The lowest BCUT2D eigenvalue weighted by atomic mass is 10.4. The molecule has 7 heteroatoms. The van der Waals surface area contributed by atoms with Crippen molar-refractivity contribution in [3.05, 3.63) is 18.3 Å². The maximum Gasteiger partial charge on any atom is 0.288 e. The third-order valence-corrected chi connectivity index (χ3v) is 3.28. The number of hydrogen-bond acceptors (Lipinski definition) is 6. The highest BCUT2D eigenvalue weighted by molar-refractivity contribution is 8.14. The summed E-state index contributed by atoms with van der Waals surface area (Å²) in [7, 11) is 0. The maximum absolute atomic E-state index is 11.3. The Kier molecular flexibility index (Phi) is 4.03. The van der Waals surface area contributed by atoms with Crippen LogP contribution in [0.3, 0.4) is 0 Å². The second-order valence-electron chi connectivity index (χ2n) is 3.69. The summed E-state index contributed by atoms with van der Waals surface area (Å²) in [6.45, 7) is 0.766. The second kappa shape index (κ2) is 5.72. The van der Waals surface area contributed by atoms with E-state index < -0.39 is 0 Å². The number of ether oxygens (including phenoxy) is 1. The van der Waals surface area contributed by atoms with Gasteiger partial charge in [0.2, 0.25) is 5.91 Å². The van der Waals surface area contributed by atoms with E-state index >= 15 is 0 Å². The van der Waals surface area contributed by atoms with Gasteiger partial charge in [0.25, 0.3) is 5.24 Å². The molecule has 0 saturated carbocycles. The summed E-state index contributed by atoms with van der Waals surface area (Å²) in [6, 6.07) is 3.46. The maximum atomic E-state index is 11.3. The highest BCUT2D eigenvalue weighted by atomic mass is 32.2. The minimum Gasteiger partial charge on any atom is -0.490 e. The smallest absolute Gasteiger partial charge is 0.288 e. The van der Waals surface area contributed by atoms with Gasteiger partial charge in [-0.1, -0.05) is 11.8 Å². The van der Waals surface area contributed by atoms with Crippen LogP contribution >= 0.6 is 11.8 Å². The fourth-order valence-corrected chi connectivity index (χ4v) is 2.28. The first-order chi connectivity index (χ1) is 8.68. The van der Waals surface area contributed by atoms with Crippen molar-refractivity contribution < 1.29 is 14.3 Å². The molecular weight excluding hydrogens is 254 g/mol. The summed E-state index contributed by atoms with van der Waals surface area (Å²) < 4.78 is 5.42. The molecule has 6 nitrogen and oxygen atoms in total. The van der Waals surface area contributed by atoms with Gasteiger partial charge < -0.3 is 10.5 Å². The molecule has 96 valence electrons. The van der Waals surface area contributed by atoms with Crippen molar-refractivity contribution in [2.45, 2.75) is 6.42 Å². The Morgan fingerprint density at radius 1 is 1.50 bits per heavy atom. The molecule has 0 spiro atoms. The molecule has 0 bridgehead atoms. The fraction of sp³-hybridized carbons (Fsp3) is 0.364. The molecule has 0 radical (unpaired) electrons. The molecule has 0 aliphatic carbocycles. The van der Waals surface area contributed by atoms with Crippen LogP contribution in [0.15, 0.2) is 18.3 Å². The first-order valence-electron chi connectivity index (χ1n) is 5.49. The number of thioether (sulfide) groups is 1. The molecule has 1 aliphatic rings. The average molecular weight is 267 g/mol. The molecule has 1 saturated heterocycles. The number of nitrogens with zero attached hydrogens (tertiary/aromatic N) is 2. The van der Waals surface area contributed by atoms with Crippen LogP contribution < -0.4 is 10.5 Å². The lowest BCUT2D eigenvalue weighted by Crippen LogP contribution is -2.30. The minimum atomic E-state index is -0.180. The number of pyridine rings is 1. The molecule has 0 unspecified atom stereocenters. The van der Waals surface area contributed by atoms with Crippen LogP contribution in [-0.2, 0) is 4.79 Å². The van der Waals surface area contributed by atoms with Crippen molar-refractivity contribution in [1.82, 2.24) is 9.88 Å². The van der Waals surface area contributed by atoms with E-state index in [1.165, 1.54) is 4.90 Å². The molecule has 1 fully saturated rings. The Morgan fingerprint density at radius 3 is 3.00 bits per heavy atom. The standard InChI is InChI=1S/C11H13N3O3S/c12-10-8(3-1-4-13-10)17-6-2-5-14-9(15)7-18-11(14)16/h1,3-4H,2,5-7H2,(H2,12,13). The molecular formula is C11H13N3O3S. The number of carbonyl (C=O) groups is 2. The van der Waals surface area contributed by atoms with Gasteiger partial charge in [0.05, 0.1) is 12.4 Å². The number of carbonyl (C=O) groups excluding carboxylic acids is 2. The predicted molar refractivity (Wildman–Crippen MR) is 68.3 cm³/mol. The van der Waals surface area contributed by atoms with Crippen LogP contribution in [-0.4, -0.2) is 39.9 Å². The van der Waals surface area contributed by atoms with Gasteiger partial charge in [-0.05, 0) is 18.6 Å². The Labute approximate surface area is 108 Å². The number of rotatable bonds is 5. The van der Waals surface area contributed by atoms with Crippen LogP contribution in [0.25, 0.3) is 0 Å². The van der Waals surface area contributed by atoms with Crippen molar-refractivity contribution in [3.63, 3.8) is 0 Å². The molecule has 0 atom stereocenters. The highest BCUT2D eigenvalue weighted by Gasteiger charge is 2.28. The van der Waals surface area contributed by atoms with E-state index in [0.717, 1.165) is 11.8 Å². The molecule has 1 aromatic heterocycles. The van der Waals surface area contributed by atoms with Gasteiger partial charge in [-0.3, -0.25) is 14.5 Å². The number of imide groups is 1. The topological polar surface area (TPSA) is 85.5 Å². The molecule has 0 aromatic carbocycles. The van der Waals surface area contributed by atoms with Gasteiger partial charge in [0.1, 0.15) is 0 Å². The van der Waals surface area contributed by atoms with Crippen LogP contribution in [0.4, 0.5) is 10.6 Å². The zero-order valence-corrected chi connectivity index (χ0v) is 10.5. The summed E-state index contributed by atoms with van der Waals surface area (Å²) in [5.41, 5.74) is 5.61. The summed E-state index contributed by atoms with van der Waals surface area (Å²) in [4.78, 5) is 27.8. The largest absolute Gasteiger partial charge is 0.490 e. The van der Waals surface area contributed by atoms with Crippen LogP contribution in [0, 0.1) is 0 Å². The summed E-state index contributed by atoms with van der Waals surface area (Å²) in [5.74, 6) is 0.966. The van der Waals surface area contributed by atoms with Crippen molar-refractivity contribution in [1.29, 1.82) is 0 Å². The summed E-state index contributed by atoms with van der Waals surface area (Å²) >= 11 is 1.04. The van der Waals surface area contributed by atoms with Gasteiger partial charge in [0.15, 0.2) is 11.6 Å². The monoisotopic (exact) mass is 267 g/mol. The molecule has 2 amide bonds. The summed E-state index contributed by atoms with van der Waals surface area (Å²) in [6.07, 6.45) is 2.16. The van der Waals surface area contributed by atoms with E-state index in [9.17, 15) is 9.59 Å². The molecule has 18 heavy (non-hydrogen) atoms. The van der Waals surface area contributed by atoms with E-state index in [4.69, 9.17) is 10.5 Å². The first-order valence-corrected chi connectivity index (χ1v) is 6.47. The molecule has 2 N–H and O–H groups in total. The Bertz CT molecular complexity index is 451. The van der Waals surface area contributed by atoms with Crippen LogP contribution in [0.5, 0.6) is 5.75 Å². The van der Waals surface area contributed by atoms with Gasteiger partial charge in [0, 0.05) is 12.7 Å². The molecule has 1 aromatic rings. The van der Waals surface area contributed by atoms with Crippen molar-refractivity contribution in [2.75, 3.05) is 24.6 Å². The van der Waals surface area contributed by atoms with Crippen LogP contribution in [0.1, 0.15) is 6.42 Å². The van der Waals surface area contributed by atoms with Gasteiger partial charge in [-0.15, -0.1) is 0 Å². The van der Waals surface area contributed by atoms with Gasteiger partial charge in [-0.25, -0.2) is 4.98 Å². The van der Waals surface area contributed by atoms with Crippen molar-refractivity contribution in [3.8, 4) is 5.75 Å². The fourth-order valence-electron chi connectivity index (χ4n) is 1.53. The normalized spacial score (nSPS) is 15.2. The highest BCUT2D eigenvalue weighted by Crippen LogP contribution is 2.19. The van der Waals surface area contributed by atoms with E-state index in [0.29, 0.717) is 31.1 Å². The molecule has 1 aliphatic heterocycles. The number of anilines is 1. The number of nitrogens with two attached hydrogens (primary N) is 1. The molecule has 2 rings (SSSR count). The number of aromatic nitrogens is 1. The third kappa shape index (κ3) is 2.92. The Balaban J connectivity index is 1.75. The number of hydrogen-bond donors (Lipinski definition) is 1. The van der Waals surface area contributed by atoms with E-state index in [1.54, 1.807) is 18.3 Å². The third-order valence-electron chi connectivity index (χ3n) is 2.42.